The summed E-state index contributed by atoms with van der Waals surface area (Å²) in [6, 6.07) is 0. The fourth-order valence-electron chi connectivity index (χ4n) is 0.498. The molecule has 0 N–H and O–H groups in total. The van der Waals surface area contributed by atoms with Gasteiger partial charge in [-0.05, 0) is 13.8 Å². The second-order valence-electron chi connectivity index (χ2n) is 1.87. The van der Waals surface area contributed by atoms with Gasteiger partial charge in [-0.1, -0.05) is 0 Å². The standard InChI is InChI=1S/C6H8N2O/c1-5(4-8-7)3-6(2)9/h3H2,1-2H3. The molecule has 0 saturated carbocycles. The van der Waals surface area contributed by atoms with E-state index in [9.17, 15) is 4.79 Å². The maximum atomic E-state index is 10.3. The fourth-order valence-corrected chi connectivity index (χ4v) is 0.498. The van der Waals surface area contributed by atoms with Gasteiger partial charge in [-0.15, -0.1) is 4.79 Å². The molecule has 0 radical (unpaired) electrons. The summed E-state index contributed by atoms with van der Waals surface area (Å²) in [5, 5.41) is 0. The van der Waals surface area contributed by atoms with E-state index in [1.165, 1.54) is 6.92 Å². The summed E-state index contributed by atoms with van der Waals surface area (Å²) >= 11 is 0. The Balaban J connectivity index is 4.08. The molecule has 3 nitrogen and oxygen atoms in total. The Morgan fingerprint density at radius 3 is 2.56 bits per heavy atom. The van der Waals surface area contributed by atoms with Crippen molar-refractivity contribution < 1.29 is 9.58 Å². The number of carbonyl (C=O) groups is 1. The molecule has 0 heterocycles. The van der Waals surface area contributed by atoms with Crippen LogP contribution >= 0.6 is 0 Å². The van der Waals surface area contributed by atoms with Gasteiger partial charge in [0, 0.05) is 6.42 Å². The van der Waals surface area contributed by atoms with Gasteiger partial charge in [-0.3, -0.25) is 4.79 Å². The van der Waals surface area contributed by atoms with Crippen LogP contribution in [0.1, 0.15) is 20.3 Å². The largest absolute Gasteiger partial charge is 0.348 e. The third-order valence-electron chi connectivity index (χ3n) is 0.755. The number of rotatable bonds is 2. The summed E-state index contributed by atoms with van der Waals surface area (Å²) in [5.41, 5.74) is 8.57. The van der Waals surface area contributed by atoms with Crippen molar-refractivity contribution in [3.8, 4) is 0 Å². The van der Waals surface area contributed by atoms with Crippen LogP contribution in [0.4, 0.5) is 0 Å². The third-order valence-corrected chi connectivity index (χ3v) is 0.755. The van der Waals surface area contributed by atoms with Gasteiger partial charge in [0.25, 0.3) is 5.87 Å². The smallest absolute Gasteiger partial charge is 0.298 e. The third kappa shape index (κ3) is 4.69. The van der Waals surface area contributed by atoms with Crippen LogP contribution in [0.2, 0.25) is 0 Å². The van der Waals surface area contributed by atoms with E-state index in [1.807, 2.05) is 0 Å². The minimum atomic E-state index is 0.0450. The lowest BCUT2D eigenvalue weighted by molar-refractivity contribution is -0.116. The van der Waals surface area contributed by atoms with Crippen molar-refractivity contribution in [2.24, 2.45) is 0 Å². The zero-order chi connectivity index (χ0) is 7.28. The Morgan fingerprint density at radius 2 is 2.22 bits per heavy atom. The molecule has 0 saturated heterocycles. The van der Waals surface area contributed by atoms with E-state index in [0.29, 0.717) is 12.0 Å². The molecule has 0 amide bonds. The molecule has 0 aliphatic rings. The van der Waals surface area contributed by atoms with Crippen LogP contribution in [-0.4, -0.2) is 16.4 Å². The maximum Gasteiger partial charge on any atom is 0.298 e. The van der Waals surface area contributed by atoms with E-state index in [-0.39, 0.29) is 5.78 Å². The molecule has 0 atom stereocenters. The molecular formula is C6H8N2O. The molecule has 0 aromatic carbocycles. The fraction of sp³-hybridized carbons (Fsp3) is 0.500. The van der Waals surface area contributed by atoms with Gasteiger partial charge in [0.1, 0.15) is 5.78 Å². The van der Waals surface area contributed by atoms with Crippen molar-refractivity contribution in [3.63, 3.8) is 0 Å². The first-order valence-corrected chi connectivity index (χ1v) is 2.58. The number of hydrogen-bond acceptors (Lipinski definition) is 1. The van der Waals surface area contributed by atoms with Gasteiger partial charge >= 0.3 is 0 Å². The van der Waals surface area contributed by atoms with Gasteiger partial charge in [-0.2, -0.15) is 0 Å². The lowest BCUT2D eigenvalue weighted by Gasteiger charge is -1.83. The predicted octanol–water partition coefficient (Wildman–Crippen LogP) is 0.811. The molecule has 0 rings (SSSR count). The monoisotopic (exact) mass is 124 g/mol. The summed E-state index contributed by atoms with van der Waals surface area (Å²) in [7, 11) is 0. The Morgan fingerprint density at radius 1 is 1.67 bits per heavy atom. The van der Waals surface area contributed by atoms with Gasteiger partial charge in [0.15, 0.2) is 0 Å². The number of ketones is 1. The van der Waals surface area contributed by atoms with Crippen molar-refractivity contribution >= 4 is 11.7 Å². The lowest BCUT2D eigenvalue weighted by Crippen LogP contribution is -1.90. The van der Waals surface area contributed by atoms with Crippen LogP contribution in [-0.2, 0) is 4.79 Å². The Labute approximate surface area is 53.6 Å². The molecule has 48 valence electrons. The lowest BCUT2D eigenvalue weighted by atomic mass is 10.2. The van der Waals surface area contributed by atoms with E-state index in [1.54, 1.807) is 6.92 Å². The molecule has 0 bridgehead atoms. The topological polar surface area (TPSA) is 53.5 Å². The first-order chi connectivity index (χ1) is 4.16. The Kier molecular flexibility index (Phi) is 3.29. The van der Waals surface area contributed by atoms with Crippen LogP contribution in [0.3, 0.4) is 0 Å². The number of nitrogens with zero attached hydrogens (tertiary/aromatic N) is 2. The van der Waals surface area contributed by atoms with Crippen LogP contribution < -0.4 is 0 Å². The van der Waals surface area contributed by atoms with Gasteiger partial charge in [0.05, 0.1) is 5.57 Å². The Hall–Kier alpha value is -1.17. The number of Topliss-reactive ketones (excluding diaryl/α,β-unsaturated/α-hetero) is 1. The molecule has 0 unspecified atom stereocenters. The van der Waals surface area contributed by atoms with Crippen molar-refractivity contribution in [1.29, 1.82) is 0 Å². The second kappa shape index (κ2) is 3.79. The molecular weight excluding hydrogens is 116 g/mol. The minimum absolute atomic E-state index is 0.0450. The highest BCUT2D eigenvalue weighted by atomic mass is 16.1. The highest BCUT2D eigenvalue weighted by Gasteiger charge is 1.95. The first kappa shape index (κ1) is 7.83. The van der Waals surface area contributed by atoms with Crippen molar-refractivity contribution in [3.05, 3.63) is 11.1 Å². The molecule has 0 aliphatic heterocycles. The molecule has 0 aromatic heterocycles. The van der Waals surface area contributed by atoms with E-state index < -0.39 is 0 Å². The molecule has 3 heteroatoms. The summed E-state index contributed by atoms with van der Waals surface area (Å²) in [6.07, 6.45) is 0.310. The van der Waals surface area contributed by atoms with E-state index >= 15 is 0 Å². The van der Waals surface area contributed by atoms with E-state index in [4.69, 9.17) is 5.53 Å². The van der Waals surface area contributed by atoms with Crippen molar-refractivity contribution in [1.82, 2.24) is 0 Å². The average molecular weight is 124 g/mol. The average Bonchev–Trinajstić information content (AvgIpc) is 1.63. The van der Waals surface area contributed by atoms with Gasteiger partial charge < -0.3 is 5.53 Å². The summed E-state index contributed by atoms with van der Waals surface area (Å²) in [4.78, 5) is 13.0. The normalized spacial score (nSPS) is 7.33. The molecule has 0 aliphatic carbocycles. The highest BCUT2D eigenvalue weighted by molar-refractivity contribution is 5.80. The maximum absolute atomic E-state index is 10.3. The van der Waals surface area contributed by atoms with Crippen molar-refractivity contribution in [2.45, 2.75) is 20.3 Å². The van der Waals surface area contributed by atoms with Crippen LogP contribution in [0, 0.1) is 0 Å². The van der Waals surface area contributed by atoms with Gasteiger partial charge in [-0.25, -0.2) is 0 Å². The molecule has 0 spiro atoms. The second-order valence-corrected chi connectivity index (χ2v) is 1.87. The predicted molar refractivity (Wildman–Crippen MR) is 33.1 cm³/mol. The molecule has 0 fully saturated rings. The van der Waals surface area contributed by atoms with E-state index in [2.05, 4.69) is 10.7 Å². The highest BCUT2D eigenvalue weighted by Crippen LogP contribution is 1.92. The zero-order valence-corrected chi connectivity index (χ0v) is 5.51. The van der Waals surface area contributed by atoms with Crippen LogP contribution in [0.15, 0.2) is 5.57 Å². The molecule has 9 heavy (non-hydrogen) atoms. The van der Waals surface area contributed by atoms with E-state index in [0.717, 1.165) is 0 Å². The van der Waals surface area contributed by atoms with Gasteiger partial charge in [0.2, 0.25) is 0 Å². The summed E-state index contributed by atoms with van der Waals surface area (Å²) in [5.74, 6) is 2.30. The van der Waals surface area contributed by atoms with Crippen LogP contribution in [0.5, 0.6) is 0 Å². The molecule has 0 aromatic rings. The number of allylic oxidation sites excluding steroid dienone is 1. The zero-order valence-electron chi connectivity index (χ0n) is 5.51. The SMILES string of the molecule is CC(=O)CC(C)=C=[N+]=[N-]. The summed E-state index contributed by atoms with van der Waals surface area (Å²) in [6.45, 7) is 3.16. The summed E-state index contributed by atoms with van der Waals surface area (Å²) < 4.78 is 0. The number of carbonyl (C=O) groups excluding carboxylic acids is 1. The van der Waals surface area contributed by atoms with Crippen molar-refractivity contribution in [2.75, 3.05) is 0 Å². The first-order valence-electron chi connectivity index (χ1n) is 2.58. The minimum Gasteiger partial charge on any atom is -0.348 e. The number of hydrogen-bond donors (Lipinski definition) is 0. The Bertz CT molecular complexity index is 195. The quantitative estimate of drug-likeness (QED) is 0.305. The van der Waals surface area contributed by atoms with Crippen LogP contribution in [0.25, 0.3) is 5.53 Å².